The molecule has 1 aromatic carbocycles. The van der Waals surface area contributed by atoms with Crippen molar-refractivity contribution in [2.45, 2.75) is 6.18 Å². The average molecular weight is 336 g/mol. The fraction of sp³-hybridized carbons (Fsp3) is 0.143. The number of halogens is 3. The summed E-state index contributed by atoms with van der Waals surface area (Å²) in [5.74, 6) is 0.449. The van der Waals surface area contributed by atoms with Crippen LogP contribution in [0.1, 0.15) is 5.56 Å². The predicted molar refractivity (Wildman–Crippen MR) is 78.3 cm³/mol. The van der Waals surface area contributed by atoms with Crippen molar-refractivity contribution in [1.29, 1.82) is 0 Å². The van der Waals surface area contributed by atoms with Crippen LogP contribution in [0.3, 0.4) is 0 Å². The second kappa shape index (κ2) is 6.14. The molecule has 0 spiro atoms. The summed E-state index contributed by atoms with van der Waals surface area (Å²) in [6.07, 6.45) is -1.53. The summed E-state index contributed by atoms with van der Waals surface area (Å²) in [6, 6.07) is 5.17. The van der Waals surface area contributed by atoms with E-state index >= 15 is 0 Å². The van der Waals surface area contributed by atoms with E-state index in [2.05, 4.69) is 30.6 Å². The maximum absolute atomic E-state index is 12.9. The Morgan fingerprint density at radius 1 is 1.08 bits per heavy atom. The molecule has 2 heterocycles. The van der Waals surface area contributed by atoms with Gasteiger partial charge in [-0.1, -0.05) is 6.07 Å². The highest BCUT2D eigenvalue weighted by Gasteiger charge is 2.34. The highest BCUT2D eigenvalue weighted by molar-refractivity contribution is 5.74. The molecule has 0 bridgehead atoms. The van der Waals surface area contributed by atoms with Crippen LogP contribution in [0, 0.1) is 0 Å². The maximum atomic E-state index is 12.9. The largest absolute Gasteiger partial charge is 0.496 e. The Morgan fingerprint density at radius 3 is 2.58 bits per heavy atom. The van der Waals surface area contributed by atoms with Gasteiger partial charge in [0, 0.05) is 11.6 Å². The molecule has 0 aliphatic rings. The van der Waals surface area contributed by atoms with Gasteiger partial charge in [-0.25, -0.2) is 0 Å². The van der Waals surface area contributed by atoms with Crippen molar-refractivity contribution >= 4 is 11.6 Å². The minimum absolute atomic E-state index is 0.280. The van der Waals surface area contributed by atoms with Crippen molar-refractivity contribution in [2.24, 2.45) is 10.2 Å². The van der Waals surface area contributed by atoms with Gasteiger partial charge in [-0.15, -0.1) is 10.2 Å². The van der Waals surface area contributed by atoms with E-state index in [-0.39, 0.29) is 5.75 Å². The number of aromatic amines is 2. The first-order chi connectivity index (χ1) is 11.5. The Bertz CT molecular complexity index is 854. The SMILES string of the molecule is COc1cc(-c2cn[nH]c2N=Nc2ccn[nH]2)ccc1C(F)(F)F. The van der Waals surface area contributed by atoms with E-state index in [4.69, 9.17) is 4.74 Å². The highest BCUT2D eigenvalue weighted by Crippen LogP contribution is 2.39. The second-order valence-electron chi connectivity index (χ2n) is 4.69. The van der Waals surface area contributed by atoms with Crippen molar-refractivity contribution < 1.29 is 17.9 Å². The topological polar surface area (TPSA) is 91.3 Å². The molecule has 0 atom stereocenters. The van der Waals surface area contributed by atoms with Crippen LogP contribution in [0.5, 0.6) is 5.75 Å². The van der Waals surface area contributed by atoms with E-state index < -0.39 is 11.7 Å². The first-order valence-corrected chi connectivity index (χ1v) is 6.69. The normalized spacial score (nSPS) is 12.0. The van der Waals surface area contributed by atoms with Crippen molar-refractivity contribution in [3.05, 3.63) is 42.2 Å². The van der Waals surface area contributed by atoms with E-state index in [1.54, 1.807) is 6.07 Å². The lowest BCUT2D eigenvalue weighted by Gasteiger charge is -2.12. The average Bonchev–Trinajstić information content (AvgIpc) is 3.22. The number of nitrogens with zero attached hydrogens (tertiary/aromatic N) is 4. The third-order valence-corrected chi connectivity index (χ3v) is 3.18. The standard InChI is InChI=1S/C14H11F3N6O/c1-24-11-6-8(2-3-10(11)14(15,16)17)9-7-19-22-13(9)23-21-12-4-5-18-20-12/h2-7H,1H3,(H,18,20)(H,19,22). The fourth-order valence-corrected chi connectivity index (χ4v) is 2.07. The number of benzene rings is 1. The van der Waals surface area contributed by atoms with Crippen LogP contribution in [-0.2, 0) is 6.18 Å². The number of methoxy groups -OCH3 is 1. The predicted octanol–water partition coefficient (Wildman–Crippen LogP) is 4.24. The minimum atomic E-state index is -4.50. The Kier molecular flexibility index (Phi) is 4.02. The minimum Gasteiger partial charge on any atom is -0.496 e. The Labute approximate surface area is 133 Å². The summed E-state index contributed by atoms with van der Waals surface area (Å²) in [5, 5.41) is 20.7. The smallest absolute Gasteiger partial charge is 0.419 e. The molecule has 10 heteroatoms. The van der Waals surface area contributed by atoms with Crippen LogP contribution in [0.2, 0.25) is 0 Å². The molecule has 0 saturated carbocycles. The van der Waals surface area contributed by atoms with Crippen LogP contribution in [0.15, 0.2) is 46.9 Å². The molecule has 2 aromatic heterocycles. The summed E-state index contributed by atoms with van der Waals surface area (Å²) in [7, 11) is 1.18. The Morgan fingerprint density at radius 2 is 1.92 bits per heavy atom. The third-order valence-electron chi connectivity index (χ3n) is 3.18. The van der Waals surface area contributed by atoms with E-state index in [0.717, 1.165) is 6.07 Å². The third kappa shape index (κ3) is 3.12. The van der Waals surface area contributed by atoms with Crippen molar-refractivity contribution in [1.82, 2.24) is 20.4 Å². The van der Waals surface area contributed by atoms with E-state index in [1.165, 1.54) is 31.6 Å². The lowest BCUT2D eigenvalue weighted by atomic mass is 10.0. The number of aromatic nitrogens is 4. The molecule has 0 aliphatic heterocycles. The number of alkyl halides is 3. The van der Waals surface area contributed by atoms with E-state index in [0.29, 0.717) is 22.8 Å². The van der Waals surface area contributed by atoms with Crippen molar-refractivity contribution in [2.75, 3.05) is 7.11 Å². The van der Waals surface area contributed by atoms with E-state index in [9.17, 15) is 13.2 Å². The number of hydrogen-bond acceptors (Lipinski definition) is 5. The van der Waals surface area contributed by atoms with Crippen LogP contribution in [0.4, 0.5) is 24.8 Å². The maximum Gasteiger partial charge on any atom is 0.419 e. The van der Waals surface area contributed by atoms with Gasteiger partial charge in [-0.3, -0.25) is 10.2 Å². The molecule has 0 unspecified atom stereocenters. The van der Waals surface area contributed by atoms with Gasteiger partial charge < -0.3 is 4.74 Å². The molecule has 3 aromatic rings. The molecule has 7 nitrogen and oxygen atoms in total. The highest BCUT2D eigenvalue weighted by atomic mass is 19.4. The zero-order chi connectivity index (χ0) is 17.2. The number of hydrogen-bond donors (Lipinski definition) is 2. The molecular weight excluding hydrogens is 325 g/mol. The van der Waals surface area contributed by atoms with Gasteiger partial charge in [-0.05, 0) is 17.7 Å². The molecule has 2 N–H and O–H groups in total. The van der Waals surface area contributed by atoms with Gasteiger partial charge in [0.2, 0.25) is 0 Å². The lowest BCUT2D eigenvalue weighted by Crippen LogP contribution is -2.07. The lowest BCUT2D eigenvalue weighted by molar-refractivity contribution is -0.138. The molecular formula is C14H11F3N6O. The summed E-state index contributed by atoms with van der Waals surface area (Å²) in [5.41, 5.74) is 0.107. The number of rotatable bonds is 4. The summed E-state index contributed by atoms with van der Waals surface area (Å²) in [6.45, 7) is 0. The number of azo groups is 1. The summed E-state index contributed by atoms with van der Waals surface area (Å²) < 4.78 is 43.6. The Balaban J connectivity index is 1.97. The molecule has 24 heavy (non-hydrogen) atoms. The van der Waals surface area contributed by atoms with Crippen LogP contribution >= 0.6 is 0 Å². The molecule has 124 valence electrons. The first kappa shape index (κ1) is 15.7. The second-order valence-corrected chi connectivity index (χ2v) is 4.69. The summed E-state index contributed by atoms with van der Waals surface area (Å²) in [4.78, 5) is 0. The van der Waals surface area contributed by atoms with Crippen LogP contribution in [0.25, 0.3) is 11.1 Å². The Hall–Kier alpha value is -3.17. The molecule has 0 fully saturated rings. The van der Waals surface area contributed by atoms with Crippen LogP contribution in [-0.4, -0.2) is 27.5 Å². The number of nitrogens with one attached hydrogen (secondary N) is 2. The molecule has 0 aliphatic carbocycles. The van der Waals surface area contributed by atoms with Crippen LogP contribution < -0.4 is 4.74 Å². The van der Waals surface area contributed by atoms with Gasteiger partial charge in [0.05, 0.1) is 25.1 Å². The summed E-state index contributed by atoms with van der Waals surface area (Å²) >= 11 is 0. The first-order valence-electron chi connectivity index (χ1n) is 6.69. The van der Waals surface area contributed by atoms with Crippen molar-refractivity contribution in [3.8, 4) is 16.9 Å². The zero-order valence-electron chi connectivity index (χ0n) is 12.3. The van der Waals surface area contributed by atoms with Crippen molar-refractivity contribution in [3.63, 3.8) is 0 Å². The van der Waals surface area contributed by atoms with Gasteiger partial charge in [0.15, 0.2) is 11.6 Å². The van der Waals surface area contributed by atoms with Gasteiger partial charge in [0.1, 0.15) is 5.75 Å². The monoisotopic (exact) mass is 336 g/mol. The molecule has 0 amide bonds. The van der Waals surface area contributed by atoms with E-state index in [1.807, 2.05) is 0 Å². The number of H-pyrrole nitrogens is 2. The zero-order valence-corrected chi connectivity index (χ0v) is 12.3. The van der Waals surface area contributed by atoms with Gasteiger partial charge in [0.25, 0.3) is 0 Å². The number of ether oxygens (including phenoxy) is 1. The molecule has 3 rings (SSSR count). The van der Waals surface area contributed by atoms with Gasteiger partial charge >= 0.3 is 6.18 Å². The quantitative estimate of drug-likeness (QED) is 0.698. The fourth-order valence-electron chi connectivity index (χ4n) is 2.07. The van der Waals surface area contributed by atoms with Gasteiger partial charge in [-0.2, -0.15) is 23.4 Å². The molecule has 0 radical (unpaired) electrons. The molecule has 0 saturated heterocycles.